The fourth-order valence-electron chi connectivity index (χ4n) is 2.07. The fourth-order valence-corrected chi connectivity index (χ4v) is 3.13. The van der Waals surface area contributed by atoms with E-state index in [0.29, 0.717) is 0 Å². The van der Waals surface area contributed by atoms with Crippen molar-refractivity contribution in [3.05, 3.63) is 23.8 Å². The summed E-state index contributed by atoms with van der Waals surface area (Å²) in [6.45, 7) is 5.83. The Bertz CT molecular complexity index is 346. The third kappa shape index (κ3) is 2.92. The number of nitrogens with zero attached hydrogens (tertiary/aromatic N) is 1. The summed E-state index contributed by atoms with van der Waals surface area (Å²) >= 11 is 1.88. The molecule has 2 nitrogen and oxygen atoms in total. The van der Waals surface area contributed by atoms with Gasteiger partial charge in [-0.15, -0.1) is 11.8 Å². The van der Waals surface area contributed by atoms with Gasteiger partial charge in [0.1, 0.15) is 0 Å². The average molecular weight is 236 g/mol. The Hall–Kier alpha value is -0.670. The van der Waals surface area contributed by atoms with Crippen LogP contribution in [0.4, 0.5) is 5.69 Å². The molecule has 0 radical (unpaired) electrons. The Morgan fingerprint density at radius 1 is 1.31 bits per heavy atom. The second-order valence-corrected chi connectivity index (χ2v) is 5.52. The summed E-state index contributed by atoms with van der Waals surface area (Å²) in [5.41, 5.74) is 8.18. The first-order chi connectivity index (χ1) is 7.77. The minimum atomic E-state index is 0.953. The fraction of sp³-hybridized carbons (Fsp3) is 0.538. The summed E-state index contributed by atoms with van der Waals surface area (Å²) in [6, 6.07) is 6.28. The lowest BCUT2D eigenvalue weighted by Crippen LogP contribution is -2.21. The molecule has 1 heterocycles. The van der Waals surface area contributed by atoms with Crippen molar-refractivity contribution in [1.82, 2.24) is 4.90 Å². The van der Waals surface area contributed by atoms with Crippen LogP contribution < -0.4 is 5.73 Å². The molecular weight excluding hydrogens is 216 g/mol. The highest BCUT2D eigenvalue weighted by molar-refractivity contribution is 7.99. The maximum absolute atomic E-state index is 6.04. The van der Waals surface area contributed by atoms with Gasteiger partial charge >= 0.3 is 0 Å². The zero-order valence-electron chi connectivity index (χ0n) is 9.91. The molecule has 0 amide bonds. The highest BCUT2D eigenvalue weighted by Crippen LogP contribution is 2.27. The van der Waals surface area contributed by atoms with Gasteiger partial charge in [-0.05, 0) is 44.5 Å². The molecule has 0 aliphatic carbocycles. The van der Waals surface area contributed by atoms with E-state index in [1.165, 1.54) is 42.9 Å². The molecular formula is C13H20N2S. The summed E-state index contributed by atoms with van der Waals surface area (Å²) in [5, 5.41) is 0. The van der Waals surface area contributed by atoms with Gasteiger partial charge in [-0.3, -0.25) is 0 Å². The Morgan fingerprint density at radius 2 is 2.06 bits per heavy atom. The number of hydrogen-bond donors (Lipinski definition) is 1. The van der Waals surface area contributed by atoms with Gasteiger partial charge < -0.3 is 10.6 Å². The quantitative estimate of drug-likeness (QED) is 0.644. The van der Waals surface area contributed by atoms with Crippen molar-refractivity contribution in [2.45, 2.75) is 24.7 Å². The molecule has 0 aromatic heterocycles. The summed E-state index contributed by atoms with van der Waals surface area (Å²) in [4.78, 5) is 3.78. The van der Waals surface area contributed by atoms with Gasteiger partial charge in [-0.25, -0.2) is 0 Å². The van der Waals surface area contributed by atoms with E-state index in [4.69, 9.17) is 5.73 Å². The number of thioether (sulfide) groups is 1. The number of nitrogen functional groups attached to an aromatic ring is 1. The summed E-state index contributed by atoms with van der Waals surface area (Å²) in [7, 11) is 0. The largest absolute Gasteiger partial charge is 0.398 e. The molecule has 0 unspecified atom stereocenters. The minimum absolute atomic E-state index is 0.953. The van der Waals surface area contributed by atoms with Crippen LogP contribution in [0.15, 0.2) is 23.1 Å². The number of nitrogens with two attached hydrogens (primary N) is 1. The van der Waals surface area contributed by atoms with Crippen LogP contribution in [0, 0.1) is 6.92 Å². The van der Waals surface area contributed by atoms with Crippen LogP contribution in [0.3, 0.4) is 0 Å². The zero-order valence-corrected chi connectivity index (χ0v) is 10.7. The molecule has 2 rings (SSSR count). The third-order valence-electron chi connectivity index (χ3n) is 3.15. The monoisotopic (exact) mass is 236 g/mol. The highest BCUT2D eigenvalue weighted by Gasteiger charge is 2.11. The van der Waals surface area contributed by atoms with E-state index in [-0.39, 0.29) is 0 Å². The first kappa shape index (κ1) is 11.8. The van der Waals surface area contributed by atoms with Crippen LogP contribution in [0.1, 0.15) is 18.4 Å². The van der Waals surface area contributed by atoms with Crippen molar-refractivity contribution in [2.75, 3.05) is 31.1 Å². The number of hydrogen-bond acceptors (Lipinski definition) is 3. The van der Waals surface area contributed by atoms with Crippen molar-refractivity contribution in [3.8, 4) is 0 Å². The van der Waals surface area contributed by atoms with Gasteiger partial charge in [0.25, 0.3) is 0 Å². The Kier molecular flexibility index (Phi) is 4.13. The molecule has 3 heteroatoms. The smallest absolute Gasteiger partial charge is 0.0481 e. The molecule has 1 fully saturated rings. The molecule has 0 bridgehead atoms. The van der Waals surface area contributed by atoms with E-state index >= 15 is 0 Å². The van der Waals surface area contributed by atoms with Gasteiger partial charge in [0.05, 0.1) is 0 Å². The number of rotatable bonds is 4. The molecule has 2 N–H and O–H groups in total. The van der Waals surface area contributed by atoms with Gasteiger partial charge in [0.2, 0.25) is 0 Å². The van der Waals surface area contributed by atoms with E-state index in [1.54, 1.807) is 0 Å². The second-order valence-electron chi connectivity index (χ2n) is 4.38. The zero-order chi connectivity index (χ0) is 11.4. The molecule has 1 aliphatic rings. The lowest BCUT2D eigenvalue weighted by atomic mass is 10.2. The molecule has 1 aromatic rings. The molecule has 16 heavy (non-hydrogen) atoms. The molecule has 1 aliphatic heterocycles. The maximum atomic E-state index is 6.04. The van der Waals surface area contributed by atoms with Crippen molar-refractivity contribution in [1.29, 1.82) is 0 Å². The van der Waals surface area contributed by atoms with E-state index in [9.17, 15) is 0 Å². The molecule has 0 saturated carbocycles. The predicted molar refractivity (Wildman–Crippen MR) is 72.0 cm³/mol. The topological polar surface area (TPSA) is 29.3 Å². The van der Waals surface area contributed by atoms with Gasteiger partial charge in [-0.1, -0.05) is 12.1 Å². The molecule has 0 spiro atoms. The van der Waals surface area contributed by atoms with Crippen LogP contribution in [0.5, 0.6) is 0 Å². The lowest BCUT2D eigenvalue weighted by molar-refractivity contribution is 0.362. The first-order valence-corrected chi connectivity index (χ1v) is 6.96. The highest BCUT2D eigenvalue weighted by atomic mass is 32.2. The van der Waals surface area contributed by atoms with E-state index in [0.717, 1.165) is 11.4 Å². The second kappa shape index (κ2) is 5.60. The van der Waals surface area contributed by atoms with Crippen molar-refractivity contribution in [3.63, 3.8) is 0 Å². The number of benzene rings is 1. The van der Waals surface area contributed by atoms with Gasteiger partial charge in [-0.2, -0.15) is 0 Å². The van der Waals surface area contributed by atoms with Crippen LogP contribution in [-0.2, 0) is 0 Å². The SMILES string of the molecule is Cc1cccc(SCCN2CCCC2)c1N. The summed E-state index contributed by atoms with van der Waals surface area (Å²) < 4.78 is 0. The predicted octanol–water partition coefficient (Wildman–Crippen LogP) is 2.77. The van der Waals surface area contributed by atoms with Crippen LogP contribution >= 0.6 is 11.8 Å². The van der Waals surface area contributed by atoms with Crippen molar-refractivity contribution >= 4 is 17.4 Å². The van der Waals surface area contributed by atoms with Crippen molar-refractivity contribution in [2.24, 2.45) is 0 Å². The minimum Gasteiger partial charge on any atom is -0.398 e. The van der Waals surface area contributed by atoms with E-state index < -0.39 is 0 Å². The third-order valence-corrected chi connectivity index (χ3v) is 4.20. The molecule has 88 valence electrons. The lowest BCUT2D eigenvalue weighted by Gasteiger charge is -2.14. The number of para-hydroxylation sites is 1. The standard InChI is InChI=1S/C13H20N2S/c1-11-5-4-6-12(13(11)14)16-10-9-15-7-2-3-8-15/h4-6H,2-3,7-10,14H2,1H3. The summed E-state index contributed by atoms with van der Waals surface area (Å²) in [5.74, 6) is 1.15. The number of anilines is 1. The Morgan fingerprint density at radius 3 is 2.81 bits per heavy atom. The van der Waals surface area contributed by atoms with Gasteiger partial charge in [0, 0.05) is 22.9 Å². The Balaban J connectivity index is 1.82. The first-order valence-electron chi connectivity index (χ1n) is 5.97. The normalized spacial score (nSPS) is 16.8. The van der Waals surface area contributed by atoms with Crippen LogP contribution in [0.25, 0.3) is 0 Å². The summed E-state index contributed by atoms with van der Waals surface area (Å²) in [6.07, 6.45) is 2.74. The number of likely N-dealkylation sites (tertiary alicyclic amines) is 1. The maximum Gasteiger partial charge on any atom is 0.0481 e. The Labute approximate surface area is 102 Å². The average Bonchev–Trinajstić information content (AvgIpc) is 2.77. The molecule has 0 atom stereocenters. The van der Waals surface area contributed by atoms with Crippen LogP contribution in [0.2, 0.25) is 0 Å². The van der Waals surface area contributed by atoms with Crippen LogP contribution in [-0.4, -0.2) is 30.3 Å². The number of aryl methyl sites for hydroxylation is 1. The van der Waals surface area contributed by atoms with Crippen molar-refractivity contribution < 1.29 is 0 Å². The van der Waals surface area contributed by atoms with E-state index in [1.807, 2.05) is 11.8 Å². The van der Waals surface area contributed by atoms with E-state index in [2.05, 4.69) is 30.0 Å². The molecule has 1 aromatic carbocycles. The van der Waals surface area contributed by atoms with Gasteiger partial charge in [0.15, 0.2) is 0 Å². The molecule has 1 saturated heterocycles.